The Hall–Kier alpha value is -0.553. The number of carbonyl (C=O) groups excluding carboxylic acids is 1. The predicted octanol–water partition coefficient (Wildman–Crippen LogP) is -0.303. The third kappa shape index (κ3) is 9.45. The molecule has 0 unspecified atom stereocenters. The van der Waals surface area contributed by atoms with E-state index in [1.165, 1.54) is 6.04 Å². The Morgan fingerprint density at radius 3 is 2.92 bits per heavy atom. The van der Waals surface area contributed by atoms with Crippen molar-refractivity contribution in [3.63, 3.8) is 0 Å². The van der Waals surface area contributed by atoms with Gasteiger partial charge in [0.15, 0.2) is 0 Å². The van der Waals surface area contributed by atoms with Crippen LogP contribution >= 0.6 is 0 Å². The summed E-state index contributed by atoms with van der Waals surface area (Å²) >= 11 is 0. The maximum Gasteiger partial charge on any atom is 0.312 e. The third-order valence-electron chi connectivity index (χ3n) is 1.57. The van der Waals surface area contributed by atoms with Gasteiger partial charge in [-0.05, 0) is 12.5 Å². The first kappa shape index (κ1) is 11.4. The molecular weight excluding hydrogens is 172 g/mol. The molecule has 0 aromatic carbocycles. The summed E-state index contributed by atoms with van der Waals surface area (Å²) in [6, 6.07) is 2.00. The average Bonchev–Trinajstić information content (AvgIpc) is 2.02. The molecule has 0 aliphatic carbocycles. The second-order valence-corrected chi connectivity index (χ2v) is 4.82. The first-order valence-electron chi connectivity index (χ1n) is 4.29. The number of hydrogen-bond donors (Lipinski definition) is 2. The van der Waals surface area contributed by atoms with Crippen LogP contribution in [0.15, 0.2) is 0 Å². The molecule has 0 rings (SSSR count). The Kier molecular flexibility index (Phi) is 8.15. The highest BCUT2D eigenvalue weighted by Gasteiger charge is 1.92. The summed E-state index contributed by atoms with van der Waals surface area (Å²) in [5.74, 6) is 0. The molecule has 0 bridgehead atoms. The lowest BCUT2D eigenvalue weighted by Gasteiger charge is -2.00. The van der Waals surface area contributed by atoms with Crippen molar-refractivity contribution in [2.24, 2.45) is 5.73 Å². The van der Waals surface area contributed by atoms with E-state index in [4.69, 9.17) is 10.5 Å². The molecule has 5 heteroatoms. The van der Waals surface area contributed by atoms with Crippen LogP contribution in [0.4, 0.5) is 4.79 Å². The van der Waals surface area contributed by atoms with E-state index < -0.39 is 6.03 Å². The third-order valence-corrected chi connectivity index (χ3v) is 3.43. The fourth-order valence-electron chi connectivity index (χ4n) is 0.937. The number of nitrogens with two attached hydrogens (primary N) is 1. The molecule has 0 aromatic heterocycles. The summed E-state index contributed by atoms with van der Waals surface area (Å²) in [7, 11) is 1.72. The van der Waals surface area contributed by atoms with Gasteiger partial charge < -0.3 is 15.8 Å². The molecule has 0 radical (unpaired) electrons. The zero-order chi connectivity index (χ0) is 9.23. The predicted molar refractivity (Wildman–Crippen MR) is 52.2 cm³/mol. The lowest BCUT2D eigenvalue weighted by molar-refractivity contribution is 0.199. The van der Waals surface area contributed by atoms with Gasteiger partial charge in [0.05, 0.1) is 0 Å². The minimum atomic E-state index is -0.416. The van der Waals surface area contributed by atoms with E-state index in [0.29, 0.717) is 0 Å². The van der Waals surface area contributed by atoms with Gasteiger partial charge in [-0.2, -0.15) is 0 Å². The highest BCUT2D eigenvalue weighted by Crippen LogP contribution is 1.91. The number of ether oxygens (including phenoxy) is 1. The summed E-state index contributed by atoms with van der Waals surface area (Å²) < 4.78 is 4.92. The van der Waals surface area contributed by atoms with Crippen molar-refractivity contribution in [3.05, 3.63) is 0 Å². The van der Waals surface area contributed by atoms with Gasteiger partial charge in [0.1, 0.15) is 0 Å². The smallest absolute Gasteiger partial charge is 0.312 e. The van der Waals surface area contributed by atoms with Crippen LogP contribution in [0, 0.1) is 0 Å². The van der Waals surface area contributed by atoms with Crippen molar-refractivity contribution < 1.29 is 9.53 Å². The maximum absolute atomic E-state index is 10.2. The van der Waals surface area contributed by atoms with Gasteiger partial charge >= 0.3 is 6.03 Å². The quantitative estimate of drug-likeness (QED) is 0.427. The van der Waals surface area contributed by atoms with Gasteiger partial charge in [-0.1, -0.05) is 6.04 Å². The van der Waals surface area contributed by atoms with Crippen LogP contribution < -0.4 is 11.1 Å². The summed E-state index contributed by atoms with van der Waals surface area (Å²) in [4.78, 5) is 10.2. The summed E-state index contributed by atoms with van der Waals surface area (Å²) in [6.45, 7) is 1.60. The molecule has 0 saturated carbocycles. The van der Waals surface area contributed by atoms with Crippen molar-refractivity contribution >= 4 is 15.6 Å². The molecule has 0 fully saturated rings. The van der Waals surface area contributed by atoms with E-state index >= 15 is 0 Å². The Morgan fingerprint density at radius 1 is 1.58 bits per heavy atom. The van der Waals surface area contributed by atoms with E-state index in [1.54, 1.807) is 7.11 Å². The number of methoxy groups -OCH3 is 1. The minimum absolute atomic E-state index is 0.00225. The molecule has 12 heavy (non-hydrogen) atoms. The Balaban J connectivity index is 2.86. The van der Waals surface area contributed by atoms with Gasteiger partial charge in [0.25, 0.3) is 0 Å². The lowest BCUT2D eigenvalue weighted by atomic mass is 10.5. The number of hydrogen-bond acceptors (Lipinski definition) is 2. The fourth-order valence-corrected chi connectivity index (χ4v) is 2.27. The number of nitrogens with one attached hydrogen (secondary N) is 1. The molecule has 0 spiro atoms. The number of rotatable bonds is 7. The molecule has 4 nitrogen and oxygen atoms in total. The zero-order valence-electron chi connectivity index (χ0n) is 7.64. The van der Waals surface area contributed by atoms with Crippen molar-refractivity contribution in [1.82, 2.24) is 5.32 Å². The zero-order valence-corrected chi connectivity index (χ0v) is 9.05. The molecule has 0 aliphatic rings. The largest absolute Gasteiger partial charge is 0.385 e. The van der Waals surface area contributed by atoms with Gasteiger partial charge in [0.2, 0.25) is 0 Å². The standard InChI is InChI=1S/C7H18N2O2Si/c1-11-4-2-5-12-6-3-9-7(8)10/h2-6,12H2,1H3,(H3,8,9,10). The molecule has 0 saturated heterocycles. The molecule has 3 N–H and O–H groups in total. The van der Waals surface area contributed by atoms with Gasteiger partial charge in [-0.25, -0.2) is 4.79 Å². The summed E-state index contributed by atoms with van der Waals surface area (Å²) in [5, 5.41) is 2.58. The van der Waals surface area contributed by atoms with Crippen LogP contribution in [0.3, 0.4) is 0 Å². The fraction of sp³-hybridized carbons (Fsp3) is 0.857. The topological polar surface area (TPSA) is 64.3 Å². The number of amides is 2. The second-order valence-electron chi connectivity index (χ2n) is 2.70. The van der Waals surface area contributed by atoms with Crippen molar-refractivity contribution in [2.75, 3.05) is 20.3 Å². The van der Waals surface area contributed by atoms with Crippen LogP contribution in [-0.2, 0) is 4.74 Å². The van der Waals surface area contributed by atoms with Crippen LogP contribution in [0.25, 0.3) is 0 Å². The molecule has 0 aromatic rings. The first-order chi connectivity index (χ1) is 5.77. The number of carbonyl (C=O) groups is 1. The van der Waals surface area contributed by atoms with Crippen LogP contribution in [0.2, 0.25) is 12.1 Å². The van der Waals surface area contributed by atoms with E-state index in [2.05, 4.69) is 5.32 Å². The van der Waals surface area contributed by atoms with Gasteiger partial charge in [-0.15, -0.1) is 0 Å². The van der Waals surface area contributed by atoms with Crippen LogP contribution in [0.5, 0.6) is 0 Å². The highest BCUT2D eigenvalue weighted by atomic mass is 28.2. The van der Waals surface area contributed by atoms with Gasteiger partial charge in [-0.3, -0.25) is 0 Å². The average molecular weight is 190 g/mol. The van der Waals surface area contributed by atoms with Gasteiger partial charge in [0, 0.05) is 29.8 Å². The van der Waals surface area contributed by atoms with E-state index in [1.807, 2.05) is 0 Å². The van der Waals surface area contributed by atoms with Crippen LogP contribution in [-0.4, -0.2) is 35.8 Å². The number of primary amides is 1. The van der Waals surface area contributed by atoms with Crippen molar-refractivity contribution in [3.8, 4) is 0 Å². The van der Waals surface area contributed by atoms with E-state index in [0.717, 1.165) is 25.6 Å². The Bertz CT molecular complexity index is 122. The minimum Gasteiger partial charge on any atom is -0.385 e. The molecule has 0 atom stereocenters. The molecular formula is C7H18N2O2Si. The molecule has 72 valence electrons. The number of urea groups is 1. The first-order valence-corrected chi connectivity index (χ1v) is 6.29. The lowest BCUT2D eigenvalue weighted by Crippen LogP contribution is -2.30. The second kappa shape index (κ2) is 8.54. The monoisotopic (exact) mass is 190 g/mol. The maximum atomic E-state index is 10.2. The van der Waals surface area contributed by atoms with Crippen molar-refractivity contribution in [2.45, 2.75) is 18.5 Å². The van der Waals surface area contributed by atoms with E-state index in [-0.39, 0.29) is 9.52 Å². The molecule has 0 heterocycles. The van der Waals surface area contributed by atoms with Crippen molar-refractivity contribution in [1.29, 1.82) is 0 Å². The molecule has 0 aliphatic heterocycles. The molecule has 2 amide bonds. The Morgan fingerprint density at radius 2 is 2.33 bits per heavy atom. The summed E-state index contributed by atoms with van der Waals surface area (Å²) in [6.07, 6.45) is 1.15. The SMILES string of the molecule is COCCC[SiH2]CCNC(N)=O. The summed E-state index contributed by atoms with van der Waals surface area (Å²) in [5.41, 5.74) is 4.90. The normalized spacial score (nSPS) is 10.8. The van der Waals surface area contributed by atoms with E-state index in [9.17, 15) is 4.79 Å². The van der Waals surface area contributed by atoms with Crippen LogP contribution in [0.1, 0.15) is 6.42 Å². The Labute approximate surface area is 75.7 Å². The highest BCUT2D eigenvalue weighted by molar-refractivity contribution is 6.35.